The standard InChI is InChI=1S/C10H20N2O5S/c1-7(8(13)14)12(4)9(15)11-6-10(2,3)18(5,16)17/h7H,6H2,1-5H3,(H,11,15)(H,13,14). The predicted molar refractivity (Wildman–Crippen MR) is 67.2 cm³/mol. The van der Waals surface area contributed by atoms with Crippen molar-refractivity contribution < 1.29 is 23.1 Å². The Labute approximate surface area is 107 Å². The van der Waals surface area contributed by atoms with E-state index in [0.717, 1.165) is 11.2 Å². The van der Waals surface area contributed by atoms with Crippen molar-refractivity contribution in [1.29, 1.82) is 0 Å². The van der Waals surface area contributed by atoms with Crippen molar-refractivity contribution in [3.8, 4) is 0 Å². The van der Waals surface area contributed by atoms with E-state index in [2.05, 4.69) is 5.32 Å². The van der Waals surface area contributed by atoms with E-state index in [1.807, 2.05) is 0 Å². The van der Waals surface area contributed by atoms with Gasteiger partial charge in [0, 0.05) is 19.8 Å². The van der Waals surface area contributed by atoms with Gasteiger partial charge in [0.05, 0.1) is 4.75 Å². The third-order valence-corrected chi connectivity index (χ3v) is 5.08. The number of rotatable bonds is 5. The molecule has 0 spiro atoms. The first kappa shape index (κ1) is 16.7. The zero-order valence-electron chi connectivity index (χ0n) is 11.2. The van der Waals surface area contributed by atoms with Crippen LogP contribution >= 0.6 is 0 Å². The molecule has 0 rings (SSSR count). The molecule has 0 heterocycles. The van der Waals surface area contributed by atoms with Gasteiger partial charge in [-0.15, -0.1) is 0 Å². The number of sulfone groups is 1. The highest BCUT2D eigenvalue weighted by Gasteiger charge is 2.31. The largest absolute Gasteiger partial charge is 0.480 e. The van der Waals surface area contributed by atoms with Crippen molar-refractivity contribution in [3.63, 3.8) is 0 Å². The first-order valence-electron chi connectivity index (χ1n) is 5.33. The summed E-state index contributed by atoms with van der Waals surface area (Å²) >= 11 is 0. The highest BCUT2D eigenvalue weighted by molar-refractivity contribution is 7.92. The average Bonchev–Trinajstić information content (AvgIpc) is 2.22. The zero-order valence-corrected chi connectivity index (χ0v) is 12.0. The number of aliphatic carboxylic acids is 1. The van der Waals surface area contributed by atoms with Crippen LogP contribution < -0.4 is 5.32 Å². The molecule has 18 heavy (non-hydrogen) atoms. The van der Waals surface area contributed by atoms with Crippen LogP contribution in [0.4, 0.5) is 4.79 Å². The van der Waals surface area contributed by atoms with Crippen molar-refractivity contribution in [1.82, 2.24) is 10.2 Å². The van der Waals surface area contributed by atoms with Crippen LogP contribution in [0, 0.1) is 0 Å². The fourth-order valence-corrected chi connectivity index (χ4v) is 1.22. The molecule has 2 amide bonds. The van der Waals surface area contributed by atoms with Crippen molar-refractivity contribution in [2.24, 2.45) is 0 Å². The maximum absolute atomic E-state index is 11.6. The van der Waals surface area contributed by atoms with Crippen LogP contribution in [0.15, 0.2) is 0 Å². The number of likely N-dealkylation sites (N-methyl/N-ethyl adjacent to an activating group) is 1. The monoisotopic (exact) mass is 280 g/mol. The maximum Gasteiger partial charge on any atom is 0.326 e. The van der Waals surface area contributed by atoms with Gasteiger partial charge in [-0.05, 0) is 20.8 Å². The Morgan fingerprint density at radius 3 is 2.17 bits per heavy atom. The molecule has 0 bridgehead atoms. The van der Waals surface area contributed by atoms with Crippen LogP contribution in [0.25, 0.3) is 0 Å². The SMILES string of the molecule is CC(C(=O)O)N(C)C(=O)NCC(C)(C)S(C)(=O)=O. The number of carboxylic acids is 1. The summed E-state index contributed by atoms with van der Waals surface area (Å²) in [7, 11) is -1.97. The lowest BCUT2D eigenvalue weighted by Gasteiger charge is -2.26. The van der Waals surface area contributed by atoms with Crippen molar-refractivity contribution in [2.45, 2.75) is 31.6 Å². The van der Waals surface area contributed by atoms with Crippen LogP contribution in [0.5, 0.6) is 0 Å². The molecule has 106 valence electrons. The second-order valence-electron chi connectivity index (χ2n) is 4.82. The minimum absolute atomic E-state index is 0.0820. The van der Waals surface area contributed by atoms with Crippen LogP contribution in [0.1, 0.15) is 20.8 Å². The fraction of sp³-hybridized carbons (Fsp3) is 0.800. The molecule has 0 saturated heterocycles. The smallest absolute Gasteiger partial charge is 0.326 e. The summed E-state index contributed by atoms with van der Waals surface area (Å²) in [5.41, 5.74) is 0. The Morgan fingerprint density at radius 2 is 1.83 bits per heavy atom. The lowest BCUT2D eigenvalue weighted by Crippen LogP contribution is -2.50. The molecule has 8 heteroatoms. The molecule has 0 aromatic rings. The van der Waals surface area contributed by atoms with Gasteiger partial charge in [0.2, 0.25) is 0 Å². The van der Waals surface area contributed by atoms with E-state index in [1.165, 1.54) is 27.8 Å². The molecule has 1 atom stereocenters. The molecular weight excluding hydrogens is 260 g/mol. The summed E-state index contributed by atoms with van der Waals surface area (Å²) in [6.45, 7) is 4.26. The molecule has 2 N–H and O–H groups in total. The van der Waals surface area contributed by atoms with Crippen LogP contribution in [-0.4, -0.2) is 61.1 Å². The number of carbonyl (C=O) groups excluding carboxylic acids is 1. The summed E-state index contributed by atoms with van der Waals surface area (Å²) < 4.78 is 21.7. The fourth-order valence-electron chi connectivity index (χ4n) is 0.886. The molecular formula is C10H20N2O5S. The van der Waals surface area contributed by atoms with E-state index in [1.54, 1.807) is 0 Å². The third-order valence-electron chi connectivity index (χ3n) is 2.93. The normalized spacial score (nSPS) is 13.8. The number of hydrogen-bond donors (Lipinski definition) is 2. The van der Waals surface area contributed by atoms with Gasteiger partial charge in [-0.3, -0.25) is 0 Å². The number of carboxylic acid groups (broad SMARTS) is 1. The predicted octanol–water partition coefficient (Wildman–Crippen LogP) is -0.0759. The van der Waals surface area contributed by atoms with Crippen LogP contribution in [-0.2, 0) is 14.6 Å². The van der Waals surface area contributed by atoms with Crippen molar-refractivity contribution >= 4 is 21.8 Å². The van der Waals surface area contributed by atoms with Gasteiger partial charge in [-0.2, -0.15) is 0 Å². The topological polar surface area (TPSA) is 104 Å². The van der Waals surface area contributed by atoms with E-state index >= 15 is 0 Å². The van der Waals surface area contributed by atoms with Crippen molar-refractivity contribution in [2.75, 3.05) is 19.8 Å². The van der Waals surface area contributed by atoms with E-state index in [-0.39, 0.29) is 6.54 Å². The van der Waals surface area contributed by atoms with Gasteiger partial charge in [-0.25, -0.2) is 18.0 Å². The lowest BCUT2D eigenvalue weighted by atomic mass is 10.2. The molecule has 0 aromatic carbocycles. The number of nitrogens with zero attached hydrogens (tertiary/aromatic N) is 1. The van der Waals surface area contributed by atoms with Gasteiger partial charge in [-0.1, -0.05) is 0 Å². The number of hydrogen-bond acceptors (Lipinski definition) is 4. The van der Waals surface area contributed by atoms with Gasteiger partial charge in [0.25, 0.3) is 0 Å². The first-order chi connectivity index (χ1) is 7.90. The maximum atomic E-state index is 11.6. The molecule has 0 aliphatic rings. The van der Waals surface area contributed by atoms with E-state index in [0.29, 0.717) is 0 Å². The Hall–Kier alpha value is -1.31. The molecule has 0 radical (unpaired) electrons. The molecule has 0 aliphatic heterocycles. The minimum atomic E-state index is -3.31. The Kier molecular flexibility index (Phi) is 5.15. The molecule has 1 unspecified atom stereocenters. The number of urea groups is 1. The zero-order chi connectivity index (χ0) is 14.7. The number of amides is 2. The molecule has 7 nitrogen and oxygen atoms in total. The van der Waals surface area contributed by atoms with Gasteiger partial charge < -0.3 is 15.3 Å². The summed E-state index contributed by atoms with van der Waals surface area (Å²) in [5, 5.41) is 11.2. The van der Waals surface area contributed by atoms with E-state index < -0.39 is 32.6 Å². The summed E-state index contributed by atoms with van der Waals surface area (Å²) in [5.74, 6) is -1.13. The third kappa shape index (κ3) is 4.17. The minimum Gasteiger partial charge on any atom is -0.480 e. The first-order valence-corrected chi connectivity index (χ1v) is 7.22. The Bertz CT molecular complexity index is 430. The molecule has 0 aliphatic carbocycles. The highest BCUT2D eigenvalue weighted by atomic mass is 32.2. The quantitative estimate of drug-likeness (QED) is 0.733. The second-order valence-corrected chi connectivity index (χ2v) is 7.47. The highest BCUT2D eigenvalue weighted by Crippen LogP contribution is 2.13. The van der Waals surface area contributed by atoms with Crippen molar-refractivity contribution in [3.05, 3.63) is 0 Å². The number of carbonyl (C=O) groups is 2. The average molecular weight is 280 g/mol. The summed E-state index contributed by atoms with van der Waals surface area (Å²) in [4.78, 5) is 23.3. The lowest BCUT2D eigenvalue weighted by molar-refractivity contribution is -0.141. The van der Waals surface area contributed by atoms with E-state index in [9.17, 15) is 18.0 Å². The summed E-state index contributed by atoms with van der Waals surface area (Å²) in [6.07, 6.45) is 1.09. The van der Waals surface area contributed by atoms with Crippen LogP contribution in [0.3, 0.4) is 0 Å². The van der Waals surface area contributed by atoms with Gasteiger partial charge in [0.15, 0.2) is 9.84 Å². The second kappa shape index (κ2) is 5.55. The molecule has 0 fully saturated rings. The number of nitrogens with one attached hydrogen (secondary N) is 1. The van der Waals surface area contributed by atoms with Gasteiger partial charge in [0.1, 0.15) is 6.04 Å². The Morgan fingerprint density at radius 1 is 1.39 bits per heavy atom. The molecule has 0 aromatic heterocycles. The summed E-state index contributed by atoms with van der Waals surface area (Å²) in [6, 6.07) is -1.60. The van der Waals surface area contributed by atoms with Crippen LogP contribution in [0.2, 0.25) is 0 Å². The Balaban J connectivity index is 4.58. The van der Waals surface area contributed by atoms with Gasteiger partial charge >= 0.3 is 12.0 Å². The molecule has 0 saturated carbocycles. The van der Waals surface area contributed by atoms with E-state index in [4.69, 9.17) is 5.11 Å².